The first-order chi connectivity index (χ1) is 9.20. The molecule has 0 fully saturated rings. The summed E-state index contributed by atoms with van der Waals surface area (Å²) in [6.07, 6.45) is 2.98. The highest BCUT2D eigenvalue weighted by Crippen LogP contribution is 2.23. The molecule has 0 spiro atoms. The summed E-state index contributed by atoms with van der Waals surface area (Å²) < 4.78 is 13.3. The van der Waals surface area contributed by atoms with Crippen LogP contribution in [0.4, 0.5) is 4.39 Å². The molecule has 1 unspecified atom stereocenters. The predicted molar refractivity (Wildman–Crippen MR) is 78.5 cm³/mol. The van der Waals surface area contributed by atoms with E-state index in [9.17, 15) is 4.39 Å². The first-order valence-electron chi connectivity index (χ1n) is 6.45. The Labute approximate surface area is 117 Å². The zero-order valence-electron chi connectivity index (χ0n) is 11.0. The molecule has 0 saturated heterocycles. The maximum absolute atomic E-state index is 13.3. The van der Waals surface area contributed by atoms with Crippen molar-refractivity contribution in [3.05, 3.63) is 57.5 Å². The van der Waals surface area contributed by atoms with E-state index in [4.69, 9.17) is 5.84 Å². The third kappa shape index (κ3) is 3.86. The first-order valence-corrected chi connectivity index (χ1v) is 7.33. The van der Waals surface area contributed by atoms with Crippen LogP contribution in [0.15, 0.2) is 35.7 Å². The van der Waals surface area contributed by atoms with Gasteiger partial charge in [0.25, 0.3) is 0 Å². The molecule has 0 saturated carbocycles. The third-order valence-electron chi connectivity index (χ3n) is 3.31. The molecule has 1 aromatic heterocycles. The van der Waals surface area contributed by atoms with Crippen molar-refractivity contribution in [2.75, 3.05) is 0 Å². The molecule has 102 valence electrons. The molecule has 2 aromatic rings. The molecule has 0 aliphatic rings. The Morgan fingerprint density at radius 3 is 2.89 bits per heavy atom. The number of nitrogens with two attached hydrogens (primary N) is 1. The highest BCUT2D eigenvalue weighted by Gasteiger charge is 2.13. The van der Waals surface area contributed by atoms with E-state index in [1.54, 1.807) is 23.5 Å². The molecule has 0 aliphatic heterocycles. The Morgan fingerprint density at radius 1 is 1.37 bits per heavy atom. The molecular formula is C15H19FN2S. The molecule has 2 rings (SSSR count). The fraction of sp³-hybridized carbons (Fsp3) is 0.333. The summed E-state index contributed by atoms with van der Waals surface area (Å²) in [6, 6.07) is 9.08. The quantitative estimate of drug-likeness (QED) is 0.624. The number of nitrogens with one attached hydrogen (secondary N) is 1. The lowest BCUT2D eigenvalue weighted by molar-refractivity contribution is 0.493. The van der Waals surface area contributed by atoms with Crippen LogP contribution in [-0.4, -0.2) is 0 Å². The molecule has 1 aromatic carbocycles. The molecule has 19 heavy (non-hydrogen) atoms. The monoisotopic (exact) mass is 278 g/mol. The van der Waals surface area contributed by atoms with Crippen LogP contribution >= 0.6 is 11.3 Å². The largest absolute Gasteiger partial charge is 0.271 e. The summed E-state index contributed by atoms with van der Waals surface area (Å²) in [5, 5.41) is 2.09. The zero-order chi connectivity index (χ0) is 13.7. The van der Waals surface area contributed by atoms with E-state index >= 15 is 0 Å². The van der Waals surface area contributed by atoms with Crippen molar-refractivity contribution >= 4 is 11.3 Å². The van der Waals surface area contributed by atoms with Crippen LogP contribution in [0.25, 0.3) is 0 Å². The van der Waals surface area contributed by atoms with Crippen LogP contribution in [0.3, 0.4) is 0 Å². The SMILES string of the molecule is Cc1ccc(F)cc1C(CCCc1cccs1)NN. The standard InChI is InChI=1S/C15H19FN2S/c1-11-7-8-12(16)10-14(11)15(18-17)6-2-4-13-5-3-9-19-13/h3,5,7-10,15,18H,2,4,6,17H2,1H3. The van der Waals surface area contributed by atoms with Gasteiger partial charge in [-0.25, -0.2) is 4.39 Å². The van der Waals surface area contributed by atoms with Crippen LogP contribution in [0.2, 0.25) is 0 Å². The van der Waals surface area contributed by atoms with Crippen molar-refractivity contribution in [2.45, 2.75) is 32.2 Å². The highest BCUT2D eigenvalue weighted by molar-refractivity contribution is 7.09. The average molecular weight is 278 g/mol. The number of thiophene rings is 1. The second-order valence-electron chi connectivity index (χ2n) is 4.69. The van der Waals surface area contributed by atoms with Crippen molar-refractivity contribution in [2.24, 2.45) is 5.84 Å². The average Bonchev–Trinajstić information content (AvgIpc) is 2.91. The maximum atomic E-state index is 13.3. The lowest BCUT2D eigenvalue weighted by Crippen LogP contribution is -2.28. The van der Waals surface area contributed by atoms with E-state index in [2.05, 4.69) is 22.9 Å². The van der Waals surface area contributed by atoms with Crippen molar-refractivity contribution in [3.8, 4) is 0 Å². The third-order valence-corrected chi connectivity index (χ3v) is 4.25. The Hall–Kier alpha value is -1.23. The summed E-state index contributed by atoms with van der Waals surface area (Å²) in [4.78, 5) is 1.38. The van der Waals surface area contributed by atoms with Crippen LogP contribution in [0.5, 0.6) is 0 Å². The fourth-order valence-corrected chi connectivity index (χ4v) is 3.00. The Kier molecular flexibility index (Phi) is 5.07. The molecule has 4 heteroatoms. The number of benzene rings is 1. The summed E-state index contributed by atoms with van der Waals surface area (Å²) in [7, 11) is 0. The summed E-state index contributed by atoms with van der Waals surface area (Å²) in [5.41, 5.74) is 4.83. The van der Waals surface area contributed by atoms with Gasteiger partial charge in [-0.3, -0.25) is 11.3 Å². The van der Waals surface area contributed by atoms with Gasteiger partial charge in [-0.1, -0.05) is 12.1 Å². The second kappa shape index (κ2) is 6.80. The van der Waals surface area contributed by atoms with Gasteiger partial charge >= 0.3 is 0 Å². The molecule has 0 bridgehead atoms. The number of aryl methyl sites for hydroxylation is 2. The number of hydrazine groups is 1. The van der Waals surface area contributed by atoms with Crippen LogP contribution < -0.4 is 11.3 Å². The molecular weight excluding hydrogens is 259 g/mol. The van der Waals surface area contributed by atoms with E-state index in [0.29, 0.717) is 0 Å². The van der Waals surface area contributed by atoms with Gasteiger partial charge in [-0.15, -0.1) is 11.3 Å². The minimum absolute atomic E-state index is 0.00987. The van der Waals surface area contributed by atoms with E-state index in [1.807, 2.05) is 6.92 Å². The molecule has 0 aliphatic carbocycles. The van der Waals surface area contributed by atoms with Gasteiger partial charge in [0.15, 0.2) is 0 Å². The summed E-state index contributed by atoms with van der Waals surface area (Å²) >= 11 is 1.77. The van der Waals surface area contributed by atoms with Gasteiger partial charge in [0, 0.05) is 10.9 Å². The molecule has 1 atom stereocenters. The summed E-state index contributed by atoms with van der Waals surface area (Å²) in [5.74, 6) is 5.40. The normalized spacial score (nSPS) is 12.6. The Morgan fingerprint density at radius 2 is 2.21 bits per heavy atom. The number of halogens is 1. The smallest absolute Gasteiger partial charge is 0.123 e. The number of hydrogen-bond acceptors (Lipinski definition) is 3. The van der Waals surface area contributed by atoms with Gasteiger partial charge in [0.2, 0.25) is 0 Å². The van der Waals surface area contributed by atoms with Gasteiger partial charge < -0.3 is 0 Å². The molecule has 3 N–H and O–H groups in total. The molecule has 1 heterocycles. The van der Waals surface area contributed by atoms with Crippen LogP contribution in [0, 0.1) is 12.7 Å². The number of rotatable bonds is 6. The first kappa shape index (κ1) is 14.2. The lowest BCUT2D eigenvalue weighted by Gasteiger charge is -2.18. The van der Waals surface area contributed by atoms with Gasteiger partial charge in [-0.2, -0.15) is 0 Å². The second-order valence-corrected chi connectivity index (χ2v) is 5.72. The van der Waals surface area contributed by atoms with Crippen LogP contribution in [0.1, 0.15) is 34.9 Å². The number of hydrogen-bond donors (Lipinski definition) is 2. The van der Waals surface area contributed by atoms with Crippen molar-refractivity contribution in [1.29, 1.82) is 0 Å². The predicted octanol–water partition coefficient (Wildman–Crippen LogP) is 3.72. The maximum Gasteiger partial charge on any atom is 0.123 e. The van der Waals surface area contributed by atoms with E-state index in [1.165, 1.54) is 10.9 Å². The lowest BCUT2D eigenvalue weighted by atomic mass is 9.97. The van der Waals surface area contributed by atoms with Crippen molar-refractivity contribution in [3.63, 3.8) is 0 Å². The van der Waals surface area contributed by atoms with Gasteiger partial charge in [0.1, 0.15) is 5.82 Å². The van der Waals surface area contributed by atoms with Crippen LogP contribution in [-0.2, 0) is 6.42 Å². The Bertz CT molecular complexity index is 511. The minimum Gasteiger partial charge on any atom is -0.271 e. The highest BCUT2D eigenvalue weighted by atomic mass is 32.1. The van der Waals surface area contributed by atoms with Gasteiger partial charge in [0.05, 0.1) is 0 Å². The molecule has 0 amide bonds. The zero-order valence-corrected chi connectivity index (χ0v) is 11.8. The molecule has 2 nitrogen and oxygen atoms in total. The minimum atomic E-state index is -0.209. The van der Waals surface area contributed by atoms with E-state index in [0.717, 1.165) is 30.4 Å². The summed E-state index contributed by atoms with van der Waals surface area (Å²) in [6.45, 7) is 1.98. The Balaban J connectivity index is 1.97. The van der Waals surface area contributed by atoms with Crippen molar-refractivity contribution < 1.29 is 4.39 Å². The van der Waals surface area contributed by atoms with E-state index in [-0.39, 0.29) is 11.9 Å². The topological polar surface area (TPSA) is 38.0 Å². The fourth-order valence-electron chi connectivity index (χ4n) is 2.25. The van der Waals surface area contributed by atoms with Gasteiger partial charge in [-0.05, 0) is 60.9 Å². The van der Waals surface area contributed by atoms with Crippen molar-refractivity contribution in [1.82, 2.24) is 5.43 Å². The molecule has 0 radical (unpaired) electrons. The van der Waals surface area contributed by atoms with E-state index < -0.39 is 0 Å².